The SMILES string of the molecule is COc1cc(OC(F)(F)F)ccc1Oc1cnc(C(F)(F)F)c(-c2ccc(F)c(C(N)=O)c2)c1C(N)=O. The van der Waals surface area contributed by atoms with Gasteiger partial charge in [0.15, 0.2) is 22.9 Å². The Balaban J connectivity index is 2.24. The molecule has 0 bridgehead atoms. The minimum Gasteiger partial charge on any atom is -0.493 e. The van der Waals surface area contributed by atoms with Crippen molar-refractivity contribution in [1.82, 2.24) is 4.98 Å². The molecule has 15 heteroatoms. The predicted molar refractivity (Wildman–Crippen MR) is 111 cm³/mol. The van der Waals surface area contributed by atoms with Crippen LogP contribution < -0.4 is 25.7 Å². The molecule has 0 fully saturated rings. The van der Waals surface area contributed by atoms with Crippen LogP contribution >= 0.6 is 0 Å². The number of carbonyl (C=O) groups is 2. The lowest BCUT2D eigenvalue weighted by molar-refractivity contribution is -0.274. The Kier molecular flexibility index (Phi) is 7.18. The molecule has 0 aliphatic rings. The summed E-state index contributed by atoms with van der Waals surface area (Å²) in [6, 6.07) is 4.65. The molecular weight excluding hydrogens is 519 g/mol. The van der Waals surface area contributed by atoms with Gasteiger partial charge in [-0.3, -0.25) is 9.59 Å². The fraction of sp³-hybridized carbons (Fsp3) is 0.136. The first-order valence-electron chi connectivity index (χ1n) is 9.73. The number of ether oxygens (including phenoxy) is 3. The zero-order chi connectivity index (χ0) is 27.7. The number of hydrogen-bond donors (Lipinski definition) is 2. The maximum atomic E-state index is 14.0. The normalized spacial score (nSPS) is 11.7. The number of alkyl halides is 6. The molecule has 3 aromatic rings. The average Bonchev–Trinajstić information content (AvgIpc) is 2.77. The number of amides is 2. The second kappa shape index (κ2) is 9.83. The van der Waals surface area contributed by atoms with E-state index in [4.69, 9.17) is 20.9 Å². The Morgan fingerprint density at radius 1 is 0.892 bits per heavy atom. The highest BCUT2D eigenvalue weighted by Gasteiger charge is 2.39. The monoisotopic (exact) mass is 533 g/mol. The highest BCUT2D eigenvalue weighted by atomic mass is 19.4. The second-order valence-corrected chi connectivity index (χ2v) is 7.10. The van der Waals surface area contributed by atoms with Crippen molar-refractivity contribution < 1.29 is 54.5 Å². The molecule has 0 saturated heterocycles. The number of nitrogens with zero attached hydrogens (tertiary/aromatic N) is 1. The summed E-state index contributed by atoms with van der Waals surface area (Å²) in [5, 5.41) is 0. The third-order valence-electron chi connectivity index (χ3n) is 4.67. The lowest BCUT2D eigenvalue weighted by atomic mass is 9.95. The van der Waals surface area contributed by atoms with Crippen LogP contribution in [0, 0.1) is 5.82 Å². The Morgan fingerprint density at radius 2 is 1.57 bits per heavy atom. The van der Waals surface area contributed by atoms with Gasteiger partial charge in [-0.05, 0) is 29.8 Å². The van der Waals surface area contributed by atoms with E-state index in [-0.39, 0.29) is 11.5 Å². The van der Waals surface area contributed by atoms with Crippen LogP contribution in [0.25, 0.3) is 11.1 Å². The third-order valence-corrected chi connectivity index (χ3v) is 4.67. The summed E-state index contributed by atoms with van der Waals surface area (Å²) >= 11 is 0. The quantitative estimate of drug-likeness (QED) is 0.420. The van der Waals surface area contributed by atoms with E-state index in [2.05, 4.69) is 9.72 Å². The number of methoxy groups -OCH3 is 1. The minimum absolute atomic E-state index is 0.357. The van der Waals surface area contributed by atoms with Crippen molar-refractivity contribution in [2.24, 2.45) is 11.5 Å². The molecule has 2 amide bonds. The molecule has 0 atom stereocenters. The standard InChI is InChI=1S/C22H14F7N3O5/c1-35-14-7-10(37-22(27,28)29)3-5-13(14)36-15-8-32-18(21(24,25)26)16(17(15)20(31)34)9-2-4-12(23)11(6-9)19(30)33/h2-8H,1H3,(H2,30,33)(H2,31,34). The van der Waals surface area contributed by atoms with Gasteiger partial charge < -0.3 is 25.7 Å². The molecule has 1 aromatic heterocycles. The number of primary amides is 2. The second-order valence-electron chi connectivity index (χ2n) is 7.10. The molecule has 37 heavy (non-hydrogen) atoms. The van der Waals surface area contributed by atoms with Gasteiger partial charge in [0.1, 0.15) is 11.6 Å². The number of halogens is 7. The molecule has 2 aromatic carbocycles. The van der Waals surface area contributed by atoms with Crippen LogP contribution in [0.4, 0.5) is 30.7 Å². The molecule has 0 spiro atoms. The molecule has 3 rings (SSSR count). The highest BCUT2D eigenvalue weighted by Crippen LogP contribution is 2.43. The molecule has 0 saturated carbocycles. The van der Waals surface area contributed by atoms with Crippen LogP contribution in [-0.4, -0.2) is 30.3 Å². The van der Waals surface area contributed by atoms with Crippen LogP contribution in [0.5, 0.6) is 23.0 Å². The molecular formula is C22H14F7N3O5. The number of hydrogen-bond acceptors (Lipinski definition) is 6. The maximum absolute atomic E-state index is 14.0. The summed E-state index contributed by atoms with van der Waals surface area (Å²) in [4.78, 5) is 27.2. The van der Waals surface area contributed by atoms with Crippen molar-refractivity contribution in [3.8, 4) is 34.1 Å². The van der Waals surface area contributed by atoms with Gasteiger partial charge in [0, 0.05) is 11.6 Å². The van der Waals surface area contributed by atoms with Gasteiger partial charge in [-0.1, -0.05) is 6.07 Å². The van der Waals surface area contributed by atoms with Gasteiger partial charge in [0.25, 0.3) is 11.8 Å². The van der Waals surface area contributed by atoms with Crippen molar-refractivity contribution in [3.63, 3.8) is 0 Å². The smallest absolute Gasteiger partial charge is 0.493 e. The van der Waals surface area contributed by atoms with Gasteiger partial charge >= 0.3 is 12.5 Å². The summed E-state index contributed by atoms with van der Waals surface area (Å²) in [5.74, 6) is -5.98. The van der Waals surface area contributed by atoms with E-state index in [1.54, 1.807) is 0 Å². The Morgan fingerprint density at radius 3 is 2.11 bits per heavy atom. The number of benzene rings is 2. The van der Waals surface area contributed by atoms with Crippen molar-refractivity contribution in [3.05, 3.63) is 65.2 Å². The molecule has 0 radical (unpaired) electrons. The van der Waals surface area contributed by atoms with Crippen molar-refractivity contribution in [1.29, 1.82) is 0 Å². The van der Waals surface area contributed by atoms with Gasteiger partial charge in [-0.15, -0.1) is 13.2 Å². The maximum Gasteiger partial charge on any atom is 0.573 e. The van der Waals surface area contributed by atoms with Crippen LogP contribution in [0.15, 0.2) is 42.6 Å². The summed E-state index contributed by atoms with van der Waals surface area (Å²) < 4.78 is 107. The molecule has 0 unspecified atom stereocenters. The number of aromatic nitrogens is 1. The third kappa shape index (κ3) is 5.99. The van der Waals surface area contributed by atoms with Crippen LogP contribution in [0.3, 0.4) is 0 Å². The number of nitrogens with two attached hydrogens (primary N) is 2. The predicted octanol–water partition coefficient (Wildman–Crippen LogP) is 4.80. The van der Waals surface area contributed by atoms with Gasteiger partial charge in [-0.25, -0.2) is 9.37 Å². The molecule has 0 aliphatic carbocycles. The molecule has 8 nitrogen and oxygen atoms in total. The van der Waals surface area contributed by atoms with E-state index in [1.165, 1.54) is 0 Å². The summed E-state index contributed by atoms with van der Waals surface area (Å²) in [5.41, 5.74) is 5.66. The lowest BCUT2D eigenvalue weighted by Crippen LogP contribution is -2.20. The van der Waals surface area contributed by atoms with E-state index < -0.39 is 69.6 Å². The first kappa shape index (κ1) is 27.0. The van der Waals surface area contributed by atoms with Crippen LogP contribution in [0.1, 0.15) is 26.4 Å². The van der Waals surface area contributed by atoms with Crippen molar-refractivity contribution in [2.75, 3.05) is 7.11 Å². The Labute approximate surface area is 202 Å². The van der Waals surface area contributed by atoms with E-state index in [1.807, 2.05) is 0 Å². The Bertz CT molecular complexity index is 1370. The van der Waals surface area contributed by atoms with Gasteiger partial charge in [-0.2, -0.15) is 13.2 Å². The summed E-state index contributed by atoms with van der Waals surface area (Å²) in [6.45, 7) is 0. The Hall–Kier alpha value is -4.56. The topological polar surface area (TPSA) is 127 Å². The first-order valence-corrected chi connectivity index (χ1v) is 9.73. The molecule has 4 N–H and O–H groups in total. The minimum atomic E-state index is -5.16. The zero-order valence-electron chi connectivity index (χ0n) is 18.3. The zero-order valence-corrected chi connectivity index (χ0v) is 18.3. The average molecular weight is 533 g/mol. The number of rotatable bonds is 7. The van der Waals surface area contributed by atoms with Crippen LogP contribution in [0.2, 0.25) is 0 Å². The van der Waals surface area contributed by atoms with E-state index in [0.29, 0.717) is 18.3 Å². The van der Waals surface area contributed by atoms with Crippen LogP contribution in [-0.2, 0) is 6.18 Å². The lowest BCUT2D eigenvalue weighted by Gasteiger charge is -2.19. The van der Waals surface area contributed by atoms with E-state index >= 15 is 0 Å². The summed E-state index contributed by atoms with van der Waals surface area (Å²) in [6.07, 6.45) is -9.68. The fourth-order valence-corrected chi connectivity index (χ4v) is 3.23. The largest absolute Gasteiger partial charge is 0.573 e. The summed E-state index contributed by atoms with van der Waals surface area (Å²) in [7, 11) is 1.05. The first-order chi connectivity index (χ1) is 17.1. The van der Waals surface area contributed by atoms with Gasteiger partial charge in [0.2, 0.25) is 0 Å². The number of pyridine rings is 1. The van der Waals surface area contributed by atoms with E-state index in [9.17, 15) is 40.3 Å². The van der Waals surface area contributed by atoms with Crippen molar-refractivity contribution >= 4 is 11.8 Å². The molecule has 1 heterocycles. The van der Waals surface area contributed by atoms with Gasteiger partial charge in [0.05, 0.1) is 24.4 Å². The highest BCUT2D eigenvalue weighted by molar-refractivity contribution is 6.04. The fourth-order valence-electron chi connectivity index (χ4n) is 3.23. The van der Waals surface area contributed by atoms with Crippen molar-refractivity contribution in [2.45, 2.75) is 12.5 Å². The molecule has 196 valence electrons. The number of carbonyl (C=O) groups excluding carboxylic acids is 2. The molecule has 0 aliphatic heterocycles. The van der Waals surface area contributed by atoms with E-state index in [0.717, 1.165) is 31.4 Å².